The van der Waals surface area contributed by atoms with Crippen LogP contribution in [0.4, 0.5) is 4.79 Å². The molecule has 1 aliphatic heterocycles. The third-order valence-electron chi connectivity index (χ3n) is 4.25. The lowest BCUT2D eigenvalue weighted by Crippen LogP contribution is -2.35. The Morgan fingerprint density at radius 2 is 2.04 bits per heavy atom. The van der Waals surface area contributed by atoms with Gasteiger partial charge in [0.25, 0.3) is 0 Å². The van der Waals surface area contributed by atoms with Crippen molar-refractivity contribution in [3.8, 4) is 11.4 Å². The van der Waals surface area contributed by atoms with E-state index in [2.05, 4.69) is 29.2 Å². The van der Waals surface area contributed by atoms with E-state index in [0.717, 1.165) is 18.4 Å². The molecule has 1 aromatic heterocycles. The lowest BCUT2D eigenvalue weighted by Gasteiger charge is -2.24. The molecule has 25 heavy (non-hydrogen) atoms. The van der Waals surface area contributed by atoms with Crippen molar-refractivity contribution in [2.24, 2.45) is 0 Å². The van der Waals surface area contributed by atoms with Crippen LogP contribution in [0.1, 0.15) is 51.5 Å². The minimum absolute atomic E-state index is 0.0590. The first-order valence-electron chi connectivity index (χ1n) is 8.76. The Balaban J connectivity index is 1.66. The number of hydrogen-bond donors (Lipinski definition) is 0. The molecule has 0 bridgehead atoms. The molecule has 2 heterocycles. The minimum atomic E-state index is -0.489. The molecule has 2 aromatic rings. The summed E-state index contributed by atoms with van der Waals surface area (Å²) in [5.74, 6) is 1.23. The highest BCUT2D eigenvalue weighted by Gasteiger charge is 2.33. The van der Waals surface area contributed by atoms with Crippen LogP contribution in [0.5, 0.6) is 0 Å². The molecule has 6 nitrogen and oxygen atoms in total. The molecular weight excluding hydrogens is 318 g/mol. The van der Waals surface area contributed by atoms with E-state index in [1.54, 1.807) is 4.90 Å². The summed E-state index contributed by atoms with van der Waals surface area (Å²) < 4.78 is 10.9. The van der Waals surface area contributed by atoms with Gasteiger partial charge in [-0.3, -0.25) is 0 Å². The number of carbonyl (C=O) groups excluding carboxylic acids is 1. The van der Waals surface area contributed by atoms with Crippen molar-refractivity contribution in [3.05, 3.63) is 35.7 Å². The quantitative estimate of drug-likeness (QED) is 0.842. The van der Waals surface area contributed by atoms with Gasteiger partial charge in [0, 0.05) is 18.7 Å². The molecule has 0 saturated carbocycles. The maximum absolute atomic E-state index is 12.2. The molecule has 0 aliphatic carbocycles. The third kappa shape index (κ3) is 4.18. The van der Waals surface area contributed by atoms with E-state index in [-0.39, 0.29) is 12.0 Å². The maximum atomic E-state index is 12.2. The summed E-state index contributed by atoms with van der Waals surface area (Å²) in [6.45, 7) is 8.91. The van der Waals surface area contributed by atoms with Crippen LogP contribution in [0.2, 0.25) is 0 Å². The Bertz CT molecular complexity index is 731. The Morgan fingerprint density at radius 1 is 1.32 bits per heavy atom. The van der Waals surface area contributed by atoms with Gasteiger partial charge in [-0.25, -0.2) is 4.79 Å². The number of benzene rings is 1. The fraction of sp³-hybridized carbons (Fsp3) is 0.526. The van der Waals surface area contributed by atoms with E-state index < -0.39 is 5.60 Å². The Hall–Kier alpha value is -2.37. The number of aromatic nitrogens is 2. The zero-order chi connectivity index (χ0) is 18.0. The number of amides is 1. The van der Waals surface area contributed by atoms with Crippen molar-refractivity contribution in [1.29, 1.82) is 0 Å². The van der Waals surface area contributed by atoms with E-state index in [9.17, 15) is 4.79 Å². The molecule has 134 valence electrons. The van der Waals surface area contributed by atoms with Crippen LogP contribution in [0.25, 0.3) is 11.4 Å². The molecule has 1 atom stereocenters. The minimum Gasteiger partial charge on any atom is -0.444 e. The van der Waals surface area contributed by atoms with E-state index in [1.807, 2.05) is 32.9 Å². The summed E-state index contributed by atoms with van der Waals surface area (Å²) in [5, 5.41) is 4.10. The molecule has 1 aromatic carbocycles. The monoisotopic (exact) mass is 343 g/mol. The van der Waals surface area contributed by atoms with E-state index in [4.69, 9.17) is 9.26 Å². The summed E-state index contributed by atoms with van der Waals surface area (Å²) in [6.07, 6.45) is 1.51. The molecular formula is C19H25N3O3. The van der Waals surface area contributed by atoms with Gasteiger partial charge in [-0.1, -0.05) is 36.3 Å². The standard InChI is InChI=1S/C19H25N3O3/c1-5-13-6-8-14(9-7-13)16-20-17(25-21-16)15-10-11-22(12-15)18(23)24-19(2,3)4/h6-9,15H,5,10-12H2,1-4H3. The van der Waals surface area contributed by atoms with Gasteiger partial charge in [0.1, 0.15) is 5.60 Å². The third-order valence-corrected chi connectivity index (χ3v) is 4.25. The van der Waals surface area contributed by atoms with Gasteiger partial charge < -0.3 is 14.2 Å². The summed E-state index contributed by atoms with van der Waals surface area (Å²) >= 11 is 0. The number of carbonyl (C=O) groups is 1. The number of aryl methyl sites for hydroxylation is 1. The topological polar surface area (TPSA) is 68.5 Å². The SMILES string of the molecule is CCc1ccc(-c2noc(C3CCN(C(=O)OC(C)(C)C)C3)n2)cc1. The van der Waals surface area contributed by atoms with Crippen LogP contribution in [0.3, 0.4) is 0 Å². The van der Waals surface area contributed by atoms with Gasteiger partial charge in [0.15, 0.2) is 0 Å². The first kappa shape index (κ1) is 17.5. The fourth-order valence-electron chi connectivity index (χ4n) is 2.86. The van der Waals surface area contributed by atoms with Gasteiger partial charge in [0.05, 0.1) is 5.92 Å². The van der Waals surface area contributed by atoms with Gasteiger partial charge >= 0.3 is 6.09 Å². The molecule has 1 fully saturated rings. The normalized spacial score (nSPS) is 17.8. The Labute approximate surface area is 148 Å². The van der Waals surface area contributed by atoms with Crippen LogP contribution in [-0.4, -0.2) is 39.8 Å². The molecule has 0 spiro atoms. The first-order chi connectivity index (χ1) is 11.9. The second-order valence-electron chi connectivity index (χ2n) is 7.42. The number of ether oxygens (including phenoxy) is 1. The second-order valence-corrected chi connectivity index (χ2v) is 7.42. The number of hydrogen-bond acceptors (Lipinski definition) is 5. The summed E-state index contributed by atoms with van der Waals surface area (Å²) in [4.78, 5) is 18.4. The maximum Gasteiger partial charge on any atom is 0.410 e. The van der Waals surface area contributed by atoms with Gasteiger partial charge in [-0.15, -0.1) is 0 Å². The van der Waals surface area contributed by atoms with E-state index in [0.29, 0.717) is 24.8 Å². The predicted octanol–water partition coefficient (Wildman–Crippen LogP) is 4.02. The highest BCUT2D eigenvalue weighted by atomic mass is 16.6. The predicted molar refractivity (Wildman–Crippen MR) is 94.3 cm³/mol. The molecule has 1 amide bonds. The van der Waals surface area contributed by atoms with Crippen molar-refractivity contribution in [2.75, 3.05) is 13.1 Å². The number of nitrogens with zero attached hydrogens (tertiary/aromatic N) is 3. The lowest BCUT2D eigenvalue weighted by molar-refractivity contribution is 0.0291. The summed E-state index contributed by atoms with van der Waals surface area (Å²) in [5.41, 5.74) is 1.72. The van der Waals surface area contributed by atoms with E-state index >= 15 is 0 Å². The zero-order valence-electron chi connectivity index (χ0n) is 15.3. The van der Waals surface area contributed by atoms with Gasteiger partial charge in [-0.2, -0.15) is 4.98 Å². The van der Waals surface area contributed by atoms with Crippen LogP contribution >= 0.6 is 0 Å². The fourth-order valence-corrected chi connectivity index (χ4v) is 2.86. The van der Waals surface area contributed by atoms with Gasteiger partial charge in [-0.05, 0) is 39.2 Å². The highest BCUT2D eigenvalue weighted by Crippen LogP contribution is 2.28. The molecule has 0 N–H and O–H groups in total. The molecule has 1 aliphatic rings. The molecule has 1 saturated heterocycles. The van der Waals surface area contributed by atoms with Crippen LogP contribution in [0.15, 0.2) is 28.8 Å². The van der Waals surface area contributed by atoms with Crippen molar-refractivity contribution in [3.63, 3.8) is 0 Å². The summed E-state index contributed by atoms with van der Waals surface area (Å²) in [6, 6.07) is 8.17. The summed E-state index contributed by atoms with van der Waals surface area (Å²) in [7, 11) is 0. The van der Waals surface area contributed by atoms with Crippen molar-refractivity contribution in [1.82, 2.24) is 15.0 Å². The van der Waals surface area contributed by atoms with Crippen molar-refractivity contribution >= 4 is 6.09 Å². The molecule has 6 heteroatoms. The molecule has 0 radical (unpaired) electrons. The Kier molecular flexibility index (Phi) is 4.79. The number of likely N-dealkylation sites (tertiary alicyclic amines) is 1. The lowest BCUT2D eigenvalue weighted by atomic mass is 10.1. The van der Waals surface area contributed by atoms with Gasteiger partial charge in [0.2, 0.25) is 11.7 Å². The van der Waals surface area contributed by atoms with Crippen LogP contribution in [-0.2, 0) is 11.2 Å². The number of rotatable bonds is 3. The molecule has 3 rings (SSSR count). The average molecular weight is 343 g/mol. The second kappa shape index (κ2) is 6.86. The highest BCUT2D eigenvalue weighted by molar-refractivity contribution is 5.68. The zero-order valence-corrected chi connectivity index (χ0v) is 15.3. The Morgan fingerprint density at radius 3 is 2.68 bits per heavy atom. The largest absolute Gasteiger partial charge is 0.444 e. The smallest absolute Gasteiger partial charge is 0.410 e. The van der Waals surface area contributed by atoms with Crippen molar-refractivity contribution in [2.45, 2.75) is 52.1 Å². The first-order valence-corrected chi connectivity index (χ1v) is 8.76. The molecule has 1 unspecified atom stereocenters. The van der Waals surface area contributed by atoms with Crippen molar-refractivity contribution < 1.29 is 14.1 Å². The van der Waals surface area contributed by atoms with E-state index in [1.165, 1.54) is 5.56 Å². The average Bonchev–Trinajstić information content (AvgIpc) is 3.22. The van der Waals surface area contributed by atoms with Crippen LogP contribution < -0.4 is 0 Å². The van der Waals surface area contributed by atoms with Crippen LogP contribution in [0, 0.1) is 0 Å².